The van der Waals surface area contributed by atoms with Crippen molar-refractivity contribution in [2.75, 3.05) is 12.4 Å². The highest BCUT2D eigenvalue weighted by atomic mass is 16.5. The van der Waals surface area contributed by atoms with Crippen LogP contribution >= 0.6 is 0 Å². The number of anilines is 1. The van der Waals surface area contributed by atoms with E-state index in [1.807, 2.05) is 19.1 Å². The second-order valence-corrected chi connectivity index (χ2v) is 4.42. The molecule has 0 radical (unpaired) electrons. The lowest BCUT2D eigenvalue weighted by Crippen LogP contribution is -2.43. The first kappa shape index (κ1) is 16.5. The summed E-state index contributed by atoms with van der Waals surface area (Å²) in [4.78, 5) is 33.9. The third kappa shape index (κ3) is 5.52. The summed E-state index contributed by atoms with van der Waals surface area (Å²) >= 11 is 0. The molecule has 1 rings (SSSR count). The van der Waals surface area contributed by atoms with Crippen LogP contribution in [0.25, 0.3) is 0 Å². The van der Waals surface area contributed by atoms with Gasteiger partial charge in [-0.1, -0.05) is 18.2 Å². The molecule has 0 aliphatic rings. The molecule has 1 aromatic carbocycles. The van der Waals surface area contributed by atoms with Crippen molar-refractivity contribution in [3.05, 3.63) is 29.8 Å². The van der Waals surface area contributed by atoms with Gasteiger partial charge in [-0.05, 0) is 25.0 Å². The van der Waals surface area contributed by atoms with Gasteiger partial charge in [0.15, 0.2) is 0 Å². The number of carbonyl (C=O) groups is 3. The summed E-state index contributed by atoms with van der Waals surface area (Å²) in [7, 11) is 1.22. The molecule has 3 N–H and O–H groups in total. The van der Waals surface area contributed by atoms with E-state index in [9.17, 15) is 14.4 Å². The SMILES string of the molecule is COC(=O)CC[C@H](NC(=O)Nc1ccccc1C)C(=O)O. The molecule has 0 aliphatic carbocycles. The Morgan fingerprint density at radius 3 is 2.52 bits per heavy atom. The van der Waals surface area contributed by atoms with E-state index in [1.165, 1.54) is 7.11 Å². The van der Waals surface area contributed by atoms with Crippen LogP contribution in [0.15, 0.2) is 24.3 Å². The fourth-order valence-corrected chi connectivity index (χ4v) is 1.65. The third-order valence-corrected chi connectivity index (χ3v) is 2.86. The molecule has 0 spiro atoms. The number of hydrogen-bond donors (Lipinski definition) is 3. The molecule has 0 heterocycles. The zero-order chi connectivity index (χ0) is 15.8. The highest BCUT2D eigenvalue weighted by Gasteiger charge is 2.21. The number of amides is 2. The monoisotopic (exact) mass is 294 g/mol. The number of nitrogens with one attached hydrogen (secondary N) is 2. The van der Waals surface area contributed by atoms with Gasteiger partial charge >= 0.3 is 18.0 Å². The van der Waals surface area contributed by atoms with Crippen molar-refractivity contribution in [2.45, 2.75) is 25.8 Å². The predicted molar refractivity (Wildman–Crippen MR) is 76.0 cm³/mol. The zero-order valence-electron chi connectivity index (χ0n) is 11.9. The predicted octanol–water partition coefficient (Wildman–Crippen LogP) is 1.52. The van der Waals surface area contributed by atoms with Gasteiger partial charge in [-0.3, -0.25) is 4.79 Å². The van der Waals surface area contributed by atoms with Crippen molar-refractivity contribution in [3.8, 4) is 0 Å². The molecule has 7 heteroatoms. The zero-order valence-corrected chi connectivity index (χ0v) is 11.9. The van der Waals surface area contributed by atoms with Crippen LogP contribution < -0.4 is 10.6 Å². The van der Waals surface area contributed by atoms with Crippen LogP contribution in [0, 0.1) is 6.92 Å². The maximum absolute atomic E-state index is 11.8. The van der Waals surface area contributed by atoms with E-state index < -0.39 is 24.0 Å². The molecule has 21 heavy (non-hydrogen) atoms. The van der Waals surface area contributed by atoms with Crippen LogP contribution in [0.2, 0.25) is 0 Å². The molecule has 1 aromatic rings. The number of aryl methyl sites for hydroxylation is 1. The first-order chi connectivity index (χ1) is 9.93. The number of benzene rings is 1. The van der Waals surface area contributed by atoms with E-state index in [0.717, 1.165) is 5.56 Å². The number of carbonyl (C=O) groups excluding carboxylic acids is 2. The van der Waals surface area contributed by atoms with Crippen molar-refractivity contribution in [3.63, 3.8) is 0 Å². The van der Waals surface area contributed by atoms with E-state index in [4.69, 9.17) is 5.11 Å². The van der Waals surface area contributed by atoms with E-state index in [2.05, 4.69) is 15.4 Å². The van der Waals surface area contributed by atoms with Crippen LogP contribution in [0.1, 0.15) is 18.4 Å². The number of rotatable bonds is 6. The summed E-state index contributed by atoms with van der Waals surface area (Å²) < 4.78 is 4.44. The minimum Gasteiger partial charge on any atom is -0.480 e. The van der Waals surface area contributed by atoms with Crippen molar-refractivity contribution >= 4 is 23.7 Å². The molecule has 7 nitrogen and oxygen atoms in total. The number of esters is 1. The van der Waals surface area contributed by atoms with E-state index in [0.29, 0.717) is 5.69 Å². The Kier molecular flexibility index (Phi) is 6.19. The first-order valence-corrected chi connectivity index (χ1v) is 6.36. The lowest BCUT2D eigenvalue weighted by Gasteiger charge is -2.15. The van der Waals surface area contributed by atoms with Gasteiger partial charge in [0, 0.05) is 12.1 Å². The van der Waals surface area contributed by atoms with Gasteiger partial charge in [0.25, 0.3) is 0 Å². The van der Waals surface area contributed by atoms with Crippen LogP contribution in [-0.2, 0) is 14.3 Å². The molecular weight excluding hydrogens is 276 g/mol. The number of aliphatic carboxylic acids is 1. The topological polar surface area (TPSA) is 105 Å². The van der Waals surface area contributed by atoms with Gasteiger partial charge in [0.2, 0.25) is 0 Å². The van der Waals surface area contributed by atoms with Crippen molar-refractivity contribution in [1.29, 1.82) is 0 Å². The van der Waals surface area contributed by atoms with Gasteiger partial charge in [-0.25, -0.2) is 9.59 Å². The Bertz CT molecular complexity index is 530. The summed E-state index contributed by atoms with van der Waals surface area (Å²) in [5.74, 6) is -1.74. The van der Waals surface area contributed by atoms with Gasteiger partial charge in [-0.15, -0.1) is 0 Å². The Labute approximate surface area is 122 Å². The minimum atomic E-state index is -1.21. The van der Waals surface area contributed by atoms with Crippen LogP contribution in [-0.4, -0.2) is 36.2 Å². The normalized spacial score (nSPS) is 11.3. The molecule has 0 aliphatic heterocycles. The quantitative estimate of drug-likeness (QED) is 0.690. The Hall–Kier alpha value is -2.57. The summed E-state index contributed by atoms with van der Waals surface area (Å²) in [6, 6.07) is 5.32. The maximum Gasteiger partial charge on any atom is 0.326 e. The number of urea groups is 1. The van der Waals surface area contributed by atoms with Gasteiger partial charge in [0.05, 0.1) is 7.11 Å². The second-order valence-electron chi connectivity index (χ2n) is 4.42. The van der Waals surface area contributed by atoms with Gasteiger partial charge < -0.3 is 20.5 Å². The Morgan fingerprint density at radius 2 is 1.95 bits per heavy atom. The smallest absolute Gasteiger partial charge is 0.326 e. The molecule has 1 atom stereocenters. The van der Waals surface area contributed by atoms with Crippen molar-refractivity contribution in [1.82, 2.24) is 5.32 Å². The number of carboxylic acids is 1. The summed E-state index contributed by atoms with van der Waals surface area (Å²) in [6.07, 6.45) is -0.124. The molecule has 0 fully saturated rings. The first-order valence-electron chi connectivity index (χ1n) is 6.36. The van der Waals surface area contributed by atoms with E-state index in [1.54, 1.807) is 12.1 Å². The molecule has 0 bridgehead atoms. The number of methoxy groups -OCH3 is 1. The molecule has 0 unspecified atom stereocenters. The highest BCUT2D eigenvalue weighted by molar-refractivity contribution is 5.92. The summed E-state index contributed by atoms with van der Waals surface area (Å²) in [6.45, 7) is 1.82. The van der Waals surface area contributed by atoms with Crippen LogP contribution in [0.5, 0.6) is 0 Å². The fourth-order valence-electron chi connectivity index (χ4n) is 1.65. The number of hydrogen-bond acceptors (Lipinski definition) is 4. The number of ether oxygens (including phenoxy) is 1. The molecular formula is C14H18N2O5. The lowest BCUT2D eigenvalue weighted by molar-refractivity contribution is -0.142. The van der Waals surface area contributed by atoms with Crippen molar-refractivity contribution in [2.24, 2.45) is 0 Å². The maximum atomic E-state index is 11.8. The summed E-state index contributed by atoms with van der Waals surface area (Å²) in [5.41, 5.74) is 1.45. The highest BCUT2D eigenvalue weighted by Crippen LogP contribution is 2.12. The molecule has 0 aromatic heterocycles. The Balaban J connectivity index is 2.58. The van der Waals surface area contributed by atoms with Crippen LogP contribution in [0.4, 0.5) is 10.5 Å². The largest absolute Gasteiger partial charge is 0.480 e. The number of carboxylic acid groups (broad SMARTS) is 1. The minimum absolute atomic E-state index is 0.0385. The van der Waals surface area contributed by atoms with Gasteiger partial charge in [-0.2, -0.15) is 0 Å². The standard InChI is InChI=1S/C14H18N2O5/c1-9-5-3-4-6-10(9)15-14(20)16-11(13(18)19)7-8-12(17)21-2/h3-6,11H,7-8H2,1-2H3,(H,18,19)(H2,15,16,20)/t11-/m0/s1. The molecule has 2 amide bonds. The van der Waals surface area contributed by atoms with Gasteiger partial charge in [0.1, 0.15) is 6.04 Å². The third-order valence-electron chi connectivity index (χ3n) is 2.86. The second kappa shape index (κ2) is 7.88. The van der Waals surface area contributed by atoms with E-state index >= 15 is 0 Å². The Morgan fingerprint density at radius 1 is 1.29 bits per heavy atom. The molecule has 0 saturated carbocycles. The summed E-state index contributed by atoms with van der Waals surface area (Å²) in [5, 5.41) is 13.9. The number of para-hydroxylation sites is 1. The average molecular weight is 294 g/mol. The molecule has 0 saturated heterocycles. The fraction of sp³-hybridized carbons (Fsp3) is 0.357. The van der Waals surface area contributed by atoms with Crippen molar-refractivity contribution < 1.29 is 24.2 Å². The average Bonchev–Trinajstić information content (AvgIpc) is 2.45. The lowest BCUT2D eigenvalue weighted by atomic mass is 10.1. The molecule has 114 valence electrons. The van der Waals surface area contributed by atoms with E-state index in [-0.39, 0.29) is 12.8 Å². The van der Waals surface area contributed by atoms with Crippen LogP contribution in [0.3, 0.4) is 0 Å².